The molecule has 0 saturated heterocycles. The highest BCUT2D eigenvalue weighted by Crippen LogP contribution is 2.32. The van der Waals surface area contributed by atoms with E-state index < -0.39 is 57.1 Å². The summed E-state index contributed by atoms with van der Waals surface area (Å²) in [4.78, 5) is 16.8. The number of nitrogens with one attached hydrogen (secondary N) is 2. The van der Waals surface area contributed by atoms with Crippen molar-refractivity contribution in [3.63, 3.8) is 0 Å². The van der Waals surface area contributed by atoms with E-state index in [0.29, 0.717) is 0 Å². The van der Waals surface area contributed by atoms with Gasteiger partial charge in [-0.05, 0) is 36.8 Å². The third kappa shape index (κ3) is 6.22. The summed E-state index contributed by atoms with van der Waals surface area (Å²) in [7, 11) is -3.90. The summed E-state index contributed by atoms with van der Waals surface area (Å²) in [5, 5.41) is 2.84. The van der Waals surface area contributed by atoms with Crippen LogP contribution in [0.5, 0.6) is 0 Å². The summed E-state index contributed by atoms with van der Waals surface area (Å²) in [5.41, 5.74) is -1.38. The SMILES string of the molecule is C[C@@H](NC(=O)C1CSC(c2cccc(C(F)(F)F)c2)=N1)c1cc(F)c(NS(C)(=O)=O)c(F)c1. The molecule has 1 aliphatic rings. The second kappa shape index (κ2) is 9.29. The lowest BCUT2D eigenvalue weighted by atomic mass is 10.1. The van der Waals surface area contributed by atoms with Crippen molar-refractivity contribution in [2.75, 3.05) is 16.7 Å². The van der Waals surface area contributed by atoms with Crippen LogP contribution >= 0.6 is 11.8 Å². The number of halogens is 5. The molecule has 0 aliphatic carbocycles. The van der Waals surface area contributed by atoms with Crippen molar-refractivity contribution in [3.8, 4) is 0 Å². The number of alkyl halides is 3. The average Bonchev–Trinajstić information content (AvgIpc) is 3.20. The van der Waals surface area contributed by atoms with Gasteiger partial charge < -0.3 is 5.32 Å². The van der Waals surface area contributed by atoms with Gasteiger partial charge in [0, 0.05) is 11.3 Å². The number of sulfonamides is 1. The number of nitrogens with zero attached hydrogens (tertiary/aromatic N) is 1. The number of thioether (sulfide) groups is 1. The Balaban J connectivity index is 1.73. The van der Waals surface area contributed by atoms with Crippen LogP contribution in [0.15, 0.2) is 41.4 Å². The van der Waals surface area contributed by atoms with Gasteiger partial charge in [0.25, 0.3) is 0 Å². The van der Waals surface area contributed by atoms with Crippen molar-refractivity contribution in [3.05, 3.63) is 64.7 Å². The minimum atomic E-state index is -4.51. The molecule has 0 aromatic heterocycles. The summed E-state index contributed by atoms with van der Waals surface area (Å²) in [5.74, 6) is -2.70. The van der Waals surface area contributed by atoms with E-state index in [1.165, 1.54) is 19.1 Å². The van der Waals surface area contributed by atoms with Crippen LogP contribution in [0.1, 0.15) is 29.7 Å². The molecular weight excluding hydrogens is 489 g/mol. The maximum absolute atomic E-state index is 14.2. The fraction of sp³-hybridized carbons (Fsp3) is 0.300. The Morgan fingerprint density at radius 3 is 2.39 bits per heavy atom. The molecule has 3 rings (SSSR count). The third-order valence-corrected chi connectivity index (χ3v) is 6.27. The highest BCUT2D eigenvalue weighted by Gasteiger charge is 2.32. The fourth-order valence-electron chi connectivity index (χ4n) is 3.01. The van der Waals surface area contributed by atoms with Gasteiger partial charge in [-0.1, -0.05) is 12.1 Å². The number of carbonyl (C=O) groups is 1. The first kappa shape index (κ1) is 25.0. The quantitative estimate of drug-likeness (QED) is 0.577. The Kier molecular flexibility index (Phi) is 7.03. The number of carbonyl (C=O) groups excluding carboxylic acids is 1. The zero-order valence-electron chi connectivity index (χ0n) is 17.2. The van der Waals surface area contributed by atoms with Crippen molar-refractivity contribution in [2.24, 2.45) is 4.99 Å². The van der Waals surface area contributed by atoms with Crippen LogP contribution in [0.25, 0.3) is 0 Å². The van der Waals surface area contributed by atoms with Gasteiger partial charge in [-0.2, -0.15) is 13.2 Å². The number of hydrogen-bond acceptors (Lipinski definition) is 5. The number of benzene rings is 2. The number of amides is 1. The van der Waals surface area contributed by atoms with E-state index in [2.05, 4.69) is 10.3 Å². The molecule has 0 radical (unpaired) electrons. The van der Waals surface area contributed by atoms with Gasteiger partial charge in [-0.15, -0.1) is 11.8 Å². The van der Waals surface area contributed by atoms with Crippen LogP contribution in [-0.4, -0.2) is 37.4 Å². The largest absolute Gasteiger partial charge is 0.416 e. The van der Waals surface area contributed by atoms with Gasteiger partial charge in [0.15, 0.2) is 11.6 Å². The maximum Gasteiger partial charge on any atom is 0.416 e. The molecule has 1 amide bonds. The van der Waals surface area contributed by atoms with E-state index in [-0.39, 0.29) is 21.9 Å². The molecule has 2 atom stereocenters. The summed E-state index contributed by atoms with van der Waals surface area (Å²) < 4.78 is 91.4. The minimum absolute atomic E-state index is 0.0464. The molecule has 2 N–H and O–H groups in total. The molecule has 0 fully saturated rings. The second-order valence-corrected chi connectivity index (χ2v) is 10.1. The van der Waals surface area contributed by atoms with Gasteiger partial charge in [0.2, 0.25) is 15.9 Å². The average molecular weight is 508 g/mol. The number of rotatable bonds is 6. The molecule has 13 heteroatoms. The van der Waals surface area contributed by atoms with Crippen LogP contribution in [0.4, 0.5) is 27.6 Å². The van der Waals surface area contributed by atoms with Gasteiger partial charge in [-0.25, -0.2) is 17.2 Å². The molecular formula is C20H18F5N3O3S2. The zero-order valence-corrected chi connectivity index (χ0v) is 18.8. The Morgan fingerprint density at radius 1 is 1.18 bits per heavy atom. The lowest BCUT2D eigenvalue weighted by molar-refractivity contribution is -0.137. The molecule has 2 aromatic rings. The van der Waals surface area contributed by atoms with E-state index in [1.807, 2.05) is 0 Å². The number of anilines is 1. The third-order valence-electron chi connectivity index (χ3n) is 4.60. The monoisotopic (exact) mass is 507 g/mol. The fourth-order valence-corrected chi connectivity index (χ4v) is 4.62. The first-order valence-corrected chi connectivity index (χ1v) is 12.3. The van der Waals surface area contributed by atoms with Crippen LogP contribution in [0.2, 0.25) is 0 Å². The molecule has 33 heavy (non-hydrogen) atoms. The molecule has 6 nitrogen and oxygen atoms in total. The highest BCUT2D eigenvalue weighted by atomic mass is 32.2. The molecule has 1 aliphatic heterocycles. The normalized spacial score (nSPS) is 17.4. The first-order chi connectivity index (χ1) is 15.2. The molecule has 0 spiro atoms. The predicted molar refractivity (Wildman–Crippen MR) is 116 cm³/mol. The van der Waals surface area contributed by atoms with Gasteiger partial charge >= 0.3 is 6.18 Å². The molecule has 1 unspecified atom stereocenters. The number of aliphatic imine (C=N–C) groups is 1. The van der Waals surface area contributed by atoms with Gasteiger partial charge in [-0.3, -0.25) is 14.5 Å². The van der Waals surface area contributed by atoms with E-state index >= 15 is 0 Å². The maximum atomic E-state index is 14.2. The summed E-state index contributed by atoms with van der Waals surface area (Å²) in [6, 6.07) is 4.63. The van der Waals surface area contributed by atoms with Gasteiger partial charge in [0.05, 0.1) is 22.9 Å². The molecule has 178 valence electrons. The van der Waals surface area contributed by atoms with Crippen molar-refractivity contribution in [2.45, 2.75) is 25.2 Å². The summed E-state index contributed by atoms with van der Waals surface area (Å²) in [6.45, 7) is 1.47. The smallest absolute Gasteiger partial charge is 0.348 e. The van der Waals surface area contributed by atoms with Crippen LogP contribution in [0.3, 0.4) is 0 Å². The van der Waals surface area contributed by atoms with E-state index in [1.54, 1.807) is 4.72 Å². The van der Waals surface area contributed by atoms with Crippen molar-refractivity contribution < 1.29 is 35.2 Å². The minimum Gasteiger partial charge on any atom is -0.348 e. The molecule has 1 heterocycles. The molecule has 0 bridgehead atoms. The van der Waals surface area contributed by atoms with E-state index in [4.69, 9.17) is 0 Å². The molecule has 0 saturated carbocycles. The lowest BCUT2D eigenvalue weighted by Gasteiger charge is -2.17. The highest BCUT2D eigenvalue weighted by molar-refractivity contribution is 8.14. The topological polar surface area (TPSA) is 87.6 Å². The van der Waals surface area contributed by atoms with E-state index in [0.717, 1.165) is 42.3 Å². The Morgan fingerprint density at radius 2 is 1.82 bits per heavy atom. The lowest BCUT2D eigenvalue weighted by Crippen LogP contribution is -2.35. The summed E-state index contributed by atoms with van der Waals surface area (Å²) in [6.07, 6.45) is -3.76. The first-order valence-electron chi connectivity index (χ1n) is 9.40. The second-order valence-electron chi connectivity index (χ2n) is 7.30. The summed E-state index contributed by atoms with van der Waals surface area (Å²) >= 11 is 1.12. The van der Waals surface area contributed by atoms with Crippen LogP contribution in [-0.2, 0) is 21.0 Å². The van der Waals surface area contributed by atoms with Crippen LogP contribution < -0.4 is 10.0 Å². The predicted octanol–water partition coefficient (Wildman–Crippen LogP) is 4.09. The Hall–Kier alpha value is -2.67. The van der Waals surface area contributed by atoms with Crippen molar-refractivity contribution in [1.82, 2.24) is 5.32 Å². The van der Waals surface area contributed by atoms with Crippen LogP contribution in [0, 0.1) is 11.6 Å². The Bertz CT molecular complexity index is 1190. The van der Waals surface area contributed by atoms with Crippen molar-refractivity contribution >= 4 is 38.4 Å². The standard InChI is InChI=1S/C20H18F5N3O3S2/c1-10(12-7-14(21)17(15(22)8-12)28-33(2,30)31)26-18(29)16-9-32-19(27-16)11-4-3-5-13(6-11)20(23,24)25/h3-8,10,16,28H,9H2,1-2H3,(H,26,29)/t10-,16?/m1/s1. The molecule has 2 aromatic carbocycles. The number of hydrogen-bond donors (Lipinski definition) is 2. The van der Waals surface area contributed by atoms with E-state index in [9.17, 15) is 35.2 Å². The van der Waals surface area contributed by atoms with Crippen molar-refractivity contribution in [1.29, 1.82) is 0 Å². The zero-order chi connectivity index (χ0) is 24.6. The van der Waals surface area contributed by atoms with Gasteiger partial charge in [0.1, 0.15) is 11.7 Å². The Labute approximate surface area is 190 Å².